The Labute approximate surface area is 139 Å². The molecule has 3 heteroatoms. The highest BCUT2D eigenvalue weighted by Crippen LogP contribution is 2.54. The first-order valence-corrected chi connectivity index (χ1v) is 8.26. The summed E-state index contributed by atoms with van der Waals surface area (Å²) in [5.41, 5.74) is 3.04. The van der Waals surface area contributed by atoms with Crippen molar-refractivity contribution in [2.45, 2.75) is 25.0 Å². The highest BCUT2D eigenvalue weighted by molar-refractivity contribution is 9.10. The first kappa shape index (κ1) is 13.9. The van der Waals surface area contributed by atoms with Crippen molar-refractivity contribution in [1.29, 1.82) is 0 Å². The largest absolute Gasteiger partial charge is 0.463 e. The van der Waals surface area contributed by atoms with E-state index in [0.29, 0.717) is 0 Å². The number of hydrogen-bond acceptors (Lipinski definition) is 2. The van der Waals surface area contributed by atoms with E-state index in [4.69, 9.17) is 4.74 Å². The van der Waals surface area contributed by atoms with Crippen LogP contribution in [0.1, 0.15) is 25.0 Å². The summed E-state index contributed by atoms with van der Waals surface area (Å²) in [5, 5.41) is 0. The van der Waals surface area contributed by atoms with Gasteiger partial charge >= 0.3 is 0 Å². The van der Waals surface area contributed by atoms with Crippen molar-refractivity contribution in [2.24, 2.45) is 0 Å². The summed E-state index contributed by atoms with van der Waals surface area (Å²) < 4.78 is 7.63. The van der Waals surface area contributed by atoms with Crippen molar-refractivity contribution in [3.63, 3.8) is 0 Å². The Morgan fingerprint density at radius 2 is 1.86 bits per heavy atom. The number of benzene rings is 2. The van der Waals surface area contributed by atoms with Crippen LogP contribution in [0.4, 0.5) is 5.69 Å². The monoisotopic (exact) mass is 355 g/mol. The molecule has 2 aromatic carbocycles. The lowest BCUT2D eigenvalue weighted by atomic mass is 9.76. The lowest BCUT2D eigenvalue weighted by Crippen LogP contribution is -2.58. The zero-order valence-electron chi connectivity index (χ0n) is 12.9. The smallest absolute Gasteiger partial charge is 0.211 e. The standard InChI is InChI=1S/C19H18BrNO/c1-18(2)15-6-4-5-7-16(15)21(3)19(18)11-10-13-12-14(20)8-9-17(13)22-19/h4-12H,1-3H3/t19-/m0/s1. The molecular formula is C19H18BrNO. The fourth-order valence-electron chi connectivity index (χ4n) is 3.75. The Hall–Kier alpha value is -1.74. The number of ether oxygens (including phenoxy) is 1. The third-order valence-electron chi connectivity index (χ3n) is 5.06. The Morgan fingerprint density at radius 3 is 2.64 bits per heavy atom. The molecule has 0 amide bonds. The van der Waals surface area contributed by atoms with E-state index < -0.39 is 5.72 Å². The molecule has 22 heavy (non-hydrogen) atoms. The minimum atomic E-state index is -0.489. The third-order valence-corrected chi connectivity index (χ3v) is 5.55. The normalized spacial score (nSPS) is 24.1. The van der Waals surface area contributed by atoms with Crippen LogP contribution in [0.25, 0.3) is 6.08 Å². The van der Waals surface area contributed by atoms with Crippen molar-refractivity contribution < 1.29 is 4.74 Å². The summed E-state index contributed by atoms with van der Waals surface area (Å²) in [7, 11) is 2.11. The summed E-state index contributed by atoms with van der Waals surface area (Å²) in [6.45, 7) is 4.51. The number of hydrogen-bond donors (Lipinski definition) is 0. The molecule has 0 aliphatic carbocycles. The molecule has 2 nitrogen and oxygen atoms in total. The maximum atomic E-state index is 6.56. The highest BCUT2D eigenvalue weighted by Gasteiger charge is 2.57. The average molecular weight is 356 g/mol. The van der Waals surface area contributed by atoms with Crippen LogP contribution in [-0.2, 0) is 5.41 Å². The molecule has 112 valence electrons. The summed E-state index contributed by atoms with van der Waals surface area (Å²) in [4.78, 5) is 2.25. The highest BCUT2D eigenvalue weighted by atomic mass is 79.9. The van der Waals surface area contributed by atoms with Gasteiger partial charge in [0.25, 0.3) is 0 Å². The van der Waals surface area contributed by atoms with Gasteiger partial charge in [0, 0.05) is 22.8 Å². The maximum Gasteiger partial charge on any atom is 0.211 e. The molecule has 0 saturated carbocycles. The van der Waals surface area contributed by atoms with Gasteiger partial charge in [-0.15, -0.1) is 0 Å². The molecule has 2 aromatic rings. The van der Waals surface area contributed by atoms with Crippen LogP contribution in [0.2, 0.25) is 0 Å². The van der Waals surface area contributed by atoms with Crippen molar-refractivity contribution in [3.05, 3.63) is 64.1 Å². The number of anilines is 1. The van der Waals surface area contributed by atoms with Gasteiger partial charge in [-0.1, -0.05) is 34.1 Å². The maximum absolute atomic E-state index is 6.56. The molecule has 4 rings (SSSR count). The predicted molar refractivity (Wildman–Crippen MR) is 94.4 cm³/mol. The van der Waals surface area contributed by atoms with Crippen LogP contribution >= 0.6 is 15.9 Å². The fourth-order valence-corrected chi connectivity index (χ4v) is 4.13. The Kier molecular flexibility index (Phi) is 2.77. The number of fused-ring (bicyclic) bond motifs is 2. The van der Waals surface area contributed by atoms with Crippen LogP contribution in [0.3, 0.4) is 0 Å². The van der Waals surface area contributed by atoms with Gasteiger partial charge in [0.1, 0.15) is 5.75 Å². The predicted octanol–water partition coefficient (Wildman–Crippen LogP) is 4.98. The molecule has 0 saturated heterocycles. The van der Waals surface area contributed by atoms with Crippen molar-refractivity contribution >= 4 is 27.7 Å². The third kappa shape index (κ3) is 1.60. The van der Waals surface area contributed by atoms with Gasteiger partial charge in [-0.3, -0.25) is 0 Å². The molecule has 2 aliphatic heterocycles. The SMILES string of the molecule is CN1c2ccccc2C(C)(C)[C@@]12C=Cc1cc(Br)ccc1O2. The number of nitrogens with zero attached hydrogens (tertiary/aromatic N) is 1. The number of likely N-dealkylation sites (N-methyl/N-ethyl adjacent to an activating group) is 1. The molecule has 2 aliphatic rings. The van der Waals surface area contributed by atoms with E-state index in [2.05, 4.69) is 84.2 Å². The summed E-state index contributed by atoms with van der Waals surface area (Å²) in [6.07, 6.45) is 4.37. The Bertz CT molecular complexity index is 796. The fraction of sp³-hybridized carbons (Fsp3) is 0.263. The van der Waals surface area contributed by atoms with Gasteiger partial charge in [-0.25, -0.2) is 0 Å². The topological polar surface area (TPSA) is 12.5 Å². The Balaban J connectivity index is 1.89. The molecule has 0 bridgehead atoms. The van der Waals surface area contributed by atoms with Crippen molar-refractivity contribution in [1.82, 2.24) is 0 Å². The molecule has 1 atom stereocenters. The lowest BCUT2D eigenvalue weighted by Gasteiger charge is -2.45. The molecular weight excluding hydrogens is 338 g/mol. The van der Waals surface area contributed by atoms with Crippen molar-refractivity contribution in [2.75, 3.05) is 11.9 Å². The summed E-state index contributed by atoms with van der Waals surface area (Å²) in [6, 6.07) is 14.7. The van der Waals surface area contributed by atoms with E-state index >= 15 is 0 Å². The van der Waals surface area contributed by atoms with Crippen LogP contribution < -0.4 is 9.64 Å². The Morgan fingerprint density at radius 1 is 1.09 bits per heavy atom. The van der Waals surface area contributed by atoms with E-state index in [9.17, 15) is 0 Å². The van der Waals surface area contributed by atoms with Crippen LogP contribution in [0.5, 0.6) is 5.75 Å². The van der Waals surface area contributed by atoms with Crippen LogP contribution in [-0.4, -0.2) is 12.8 Å². The minimum absolute atomic E-state index is 0.139. The first-order chi connectivity index (χ1) is 10.5. The van der Waals surface area contributed by atoms with Gasteiger partial charge in [0.15, 0.2) is 0 Å². The zero-order valence-corrected chi connectivity index (χ0v) is 14.5. The van der Waals surface area contributed by atoms with Gasteiger partial charge in [-0.2, -0.15) is 0 Å². The quantitative estimate of drug-likeness (QED) is 0.660. The number of halogens is 1. The van der Waals surface area contributed by atoms with E-state index in [1.807, 2.05) is 12.1 Å². The van der Waals surface area contributed by atoms with Crippen molar-refractivity contribution in [3.8, 4) is 5.75 Å². The molecule has 0 radical (unpaired) electrons. The average Bonchev–Trinajstić information content (AvgIpc) is 2.67. The zero-order chi connectivity index (χ0) is 15.5. The molecule has 0 fully saturated rings. The number of rotatable bonds is 0. The van der Waals surface area contributed by atoms with Crippen LogP contribution in [0.15, 0.2) is 53.0 Å². The molecule has 0 aromatic heterocycles. The summed E-state index contributed by atoms with van der Waals surface area (Å²) in [5.74, 6) is 0.929. The second-order valence-corrected chi connectivity index (χ2v) is 7.43. The molecule has 2 heterocycles. The first-order valence-electron chi connectivity index (χ1n) is 7.47. The van der Waals surface area contributed by atoms with E-state index in [1.54, 1.807) is 0 Å². The lowest BCUT2D eigenvalue weighted by molar-refractivity contribution is 0.0581. The van der Waals surface area contributed by atoms with E-state index in [-0.39, 0.29) is 5.41 Å². The van der Waals surface area contributed by atoms with Gasteiger partial charge in [0.2, 0.25) is 5.72 Å². The summed E-state index contributed by atoms with van der Waals surface area (Å²) >= 11 is 3.52. The number of para-hydroxylation sites is 1. The van der Waals surface area contributed by atoms with Gasteiger partial charge < -0.3 is 9.64 Å². The molecule has 1 spiro atoms. The second-order valence-electron chi connectivity index (χ2n) is 6.52. The van der Waals surface area contributed by atoms with E-state index in [0.717, 1.165) is 15.8 Å². The van der Waals surface area contributed by atoms with E-state index in [1.165, 1.54) is 11.3 Å². The second kappa shape index (κ2) is 4.39. The van der Waals surface area contributed by atoms with Crippen LogP contribution in [0, 0.1) is 0 Å². The van der Waals surface area contributed by atoms with Gasteiger partial charge in [0.05, 0.1) is 5.41 Å². The molecule has 0 N–H and O–H groups in total. The van der Waals surface area contributed by atoms with Gasteiger partial charge in [-0.05, 0) is 55.8 Å². The minimum Gasteiger partial charge on any atom is -0.463 e. The molecule has 0 unspecified atom stereocenters.